The van der Waals surface area contributed by atoms with Crippen LogP contribution in [-0.2, 0) is 6.54 Å². The van der Waals surface area contributed by atoms with Gasteiger partial charge < -0.3 is 4.57 Å². The van der Waals surface area contributed by atoms with Gasteiger partial charge in [0.1, 0.15) is 0 Å². The van der Waals surface area contributed by atoms with Gasteiger partial charge >= 0.3 is 0 Å². The van der Waals surface area contributed by atoms with Crippen molar-refractivity contribution in [3.05, 3.63) is 75.1 Å². The van der Waals surface area contributed by atoms with Gasteiger partial charge in [0, 0.05) is 35.6 Å². The number of hydrogen-bond acceptors (Lipinski definition) is 5. The standard InChI is InChI=1S/C19H17N3O5/c1-4-7-20-11(2)8-15(12(20)3)17(23)10-21-18(24)14-6-5-13(22(26)27)9-16(14)19(21)25/h4-6,8-9H,1,7,10H2,2-3H3. The van der Waals surface area contributed by atoms with Crippen molar-refractivity contribution < 1.29 is 19.3 Å². The summed E-state index contributed by atoms with van der Waals surface area (Å²) in [5.74, 6) is -1.70. The summed E-state index contributed by atoms with van der Waals surface area (Å²) in [7, 11) is 0. The quantitative estimate of drug-likeness (QED) is 0.257. The molecule has 1 aromatic carbocycles. The topological polar surface area (TPSA) is 103 Å². The average Bonchev–Trinajstić information content (AvgIpc) is 3.04. The number of carbonyl (C=O) groups excluding carboxylic acids is 3. The Bertz CT molecular complexity index is 1020. The van der Waals surface area contributed by atoms with Gasteiger partial charge in [0.25, 0.3) is 17.5 Å². The number of amides is 2. The smallest absolute Gasteiger partial charge is 0.270 e. The van der Waals surface area contributed by atoms with E-state index in [1.807, 2.05) is 11.5 Å². The number of non-ortho nitro benzene ring substituents is 1. The summed E-state index contributed by atoms with van der Waals surface area (Å²) in [6, 6.07) is 5.19. The van der Waals surface area contributed by atoms with E-state index in [1.165, 1.54) is 6.07 Å². The first kappa shape index (κ1) is 18.2. The van der Waals surface area contributed by atoms with Crippen molar-refractivity contribution in [2.75, 3.05) is 6.54 Å². The zero-order valence-electron chi connectivity index (χ0n) is 14.9. The van der Waals surface area contributed by atoms with Crippen LogP contribution in [0, 0.1) is 24.0 Å². The van der Waals surface area contributed by atoms with Crippen LogP contribution in [0.1, 0.15) is 42.5 Å². The molecule has 0 bridgehead atoms. The number of fused-ring (bicyclic) bond motifs is 1. The SMILES string of the molecule is C=CCn1c(C)cc(C(=O)CN2C(=O)c3ccc([N+](=O)[O-])cc3C2=O)c1C. The van der Waals surface area contributed by atoms with Crippen LogP contribution in [0.3, 0.4) is 0 Å². The molecule has 0 N–H and O–H groups in total. The number of rotatable bonds is 6. The van der Waals surface area contributed by atoms with Crippen LogP contribution in [0.15, 0.2) is 36.9 Å². The monoisotopic (exact) mass is 367 g/mol. The first-order chi connectivity index (χ1) is 12.8. The molecule has 138 valence electrons. The lowest BCUT2D eigenvalue weighted by atomic mass is 10.1. The van der Waals surface area contributed by atoms with Gasteiger partial charge in [0.15, 0.2) is 5.78 Å². The van der Waals surface area contributed by atoms with E-state index in [1.54, 1.807) is 19.1 Å². The summed E-state index contributed by atoms with van der Waals surface area (Å²) in [4.78, 5) is 48.8. The number of aromatic nitrogens is 1. The predicted molar refractivity (Wildman–Crippen MR) is 96.9 cm³/mol. The van der Waals surface area contributed by atoms with Crippen LogP contribution >= 0.6 is 0 Å². The van der Waals surface area contributed by atoms with E-state index in [0.29, 0.717) is 12.1 Å². The molecule has 0 spiro atoms. The van der Waals surface area contributed by atoms with E-state index < -0.39 is 23.3 Å². The lowest BCUT2D eigenvalue weighted by Gasteiger charge is -2.13. The van der Waals surface area contributed by atoms with Crippen LogP contribution in [0.5, 0.6) is 0 Å². The Labute approximate surface area is 154 Å². The minimum Gasteiger partial charge on any atom is -0.345 e. The highest BCUT2D eigenvalue weighted by Crippen LogP contribution is 2.27. The van der Waals surface area contributed by atoms with Gasteiger partial charge in [0.2, 0.25) is 0 Å². The molecule has 3 rings (SSSR count). The molecule has 1 aromatic heterocycles. The number of Topliss-reactive ketones (excluding diaryl/α,β-unsaturated/α-hetero) is 1. The molecule has 2 amide bonds. The lowest BCUT2D eigenvalue weighted by molar-refractivity contribution is -0.384. The first-order valence-electron chi connectivity index (χ1n) is 8.21. The molecule has 2 aromatic rings. The van der Waals surface area contributed by atoms with Gasteiger partial charge in [-0.05, 0) is 26.0 Å². The van der Waals surface area contributed by atoms with E-state index in [4.69, 9.17) is 0 Å². The fourth-order valence-electron chi connectivity index (χ4n) is 3.26. The number of hydrogen-bond donors (Lipinski definition) is 0. The number of allylic oxidation sites excluding steroid dienone is 1. The van der Waals surface area contributed by atoms with Crippen molar-refractivity contribution in [1.82, 2.24) is 9.47 Å². The van der Waals surface area contributed by atoms with E-state index >= 15 is 0 Å². The van der Waals surface area contributed by atoms with Crippen LogP contribution in [0.25, 0.3) is 0 Å². The number of imide groups is 1. The van der Waals surface area contributed by atoms with Crippen molar-refractivity contribution in [3.63, 3.8) is 0 Å². The van der Waals surface area contributed by atoms with E-state index in [2.05, 4.69) is 6.58 Å². The lowest BCUT2D eigenvalue weighted by Crippen LogP contribution is -2.35. The van der Waals surface area contributed by atoms with Gasteiger partial charge in [-0.3, -0.25) is 29.4 Å². The molecule has 8 heteroatoms. The maximum atomic E-state index is 12.7. The van der Waals surface area contributed by atoms with Crippen molar-refractivity contribution in [1.29, 1.82) is 0 Å². The summed E-state index contributed by atoms with van der Waals surface area (Å²) in [5.41, 5.74) is 1.75. The van der Waals surface area contributed by atoms with Gasteiger partial charge in [-0.15, -0.1) is 6.58 Å². The molecule has 0 unspecified atom stereocenters. The van der Waals surface area contributed by atoms with Crippen molar-refractivity contribution >= 4 is 23.3 Å². The van der Waals surface area contributed by atoms with Gasteiger partial charge in [-0.2, -0.15) is 0 Å². The summed E-state index contributed by atoms with van der Waals surface area (Å²) in [6.07, 6.45) is 1.71. The molecule has 8 nitrogen and oxygen atoms in total. The highest BCUT2D eigenvalue weighted by molar-refractivity contribution is 6.23. The van der Waals surface area contributed by atoms with E-state index in [0.717, 1.165) is 28.4 Å². The molecule has 1 aliphatic heterocycles. The summed E-state index contributed by atoms with van der Waals surface area (Å²) < 4.78 is 1.91. The van der Waals surface area contributed by atoms with Crippen LogP contribution in [0.2, 0.25) is 0 Å². The van der Waals surface area contributed by atoms with Gasteiger partial charge in [-0.1, -0.05) is 6.08 Å². The molecule has 27 heavy (non-hydrogen) atoms. The molecule has 1 aliphatic rings. The molecule has 0 aliphatic carbocycles. The Morgan fingerprint density at radius 2 is 1.85 bits per heavy atom. The maximum Gasteiger partial charge on any atom is 0.270 e. The minimum absolute atomic E-state index is 0.0564. The van der Waals surface area contributed by atoms with Crippen LogP contribution < -0.4 is 0 Å². The zero-order chi connectivity index (χ0) is 19.9. The number of carbonyl (C=O) groups is 3. The number of nitro benzene ring substituents is 1. The molecular formula is C19H17N3O5. The van der Waals surface area contributed by atoms with Gasteiger partial charge in [-0.25, -0.2) is 0 Å². The second kappa shape index (κ2) is 6.64. The second-order valence-corrected chi connectivity index (χ2v) is 6.29. The third kappa shape index (κ3) is 2.95. The molecule has 0 saturated carbocycles. The number of benzene rings is 1. The maximum absolute atomic E-state index is 12.7. The molecular weight excluding hydrogens is 350 g/mol. The Morgan fingerprint density at radius 3 is 2.48 bits per heavy atom. The Hall–Kier alpha value is -3.55. The van der Waals surface area contributed by atoms with Gasteiger partial charge in [0.05, 0.1) is 22.6 Å². The fraction of sp³-hybridized carbons (Fsp3) is 0.211. The zero-order valence-corrected chi connectivity index (χ0v) is 14.9. The average molecular weight is 367 g/mol. The summed E-state index contributed by atoms with van der Waals surface area (Å²) in [6.45, 7) is 7.45. The van der Waals surface area contributed by atoms with Crippen molar-refractivity contribution in [2.45, 2.75) is 20.4 Å². The fourth-order valence-corrected chi connectivity index (χ4v) is 3.26. The normalized spacial score (nSPS) is 13.0. The molecule has 2 heterocycles. The Morgan fingerprint density at radius 1 is 1.19 bits per heavy atom. The minimum atomic E-state index is -0.702. The number of aryl methyl sites for hydroxylation is 1. The van der Waals surface area contributed by atoms with E-state index in [9.17, 15) is 24.5 Å². The van der Waals surface area contributed by atoms with Crippen molar-refractivity contribution in [2.24, 2.45) is 0 Å². The predicted octanol–water partition coefficient (Wildman–Crippen LogP) is 2.68. The molecule has 0 radical (unpaired) electrons. The Balaban J connectivity index is 1.88. The van der Waals surface area contributed by atoms with Crippen molar-refractivity contribution in [3.8, 4) is 0 Å². The van der Waals surface area contributed by atoms with Crippen LogP contribution in [0.4, 0.5) is 5.69 Å². The number of ketones is 1. The van der Waals surface area contributed by atoms with Crippen LogP contribution in [-0.4, -0.2) is 38.5 Å². The highest BCUT2D eigenvalue weighted by atomic mass is 16.6. The number of nitrogens with zero attached hydrogens (tertiary/aromatic N) is 3. The molecule has 0 atom stereocenters. The summed E-state index contributed by atoms with van der Waals surface area (Å²) in [5, 5.41) is 10.9. The third-order valence-electron chi connectivity index (χ3n) is 4.65. The largest absolute Gasteiger partial charge is 0.345 e. The third-order valence-corrected chi connectivity index (χ3v) is 4.65. The number of nitro groups is 1. The Kier molecular flexibility index (Phi) is 4.49. The molecule has 0 fully saturated rings. The van der Waals surface area contributed by atoms with E-state index in [-0.39, 0.29) is 22.6 Å². The molecule has 0 saturated heterocycles. The highest BCUT2D eigenvalue weighted by Gasteiger charge is 2.38. The summed E-state index contributed by atoms with van der Waals surface area (Å²) >= 11 is 0. The second-order valence-electron chi connectivity index (χ2n) is 6.29. The first-order valence-corrected chi connectivity index (χ1v) is 8.21.